The van der Waals surface area contributed by atoms with Crippen LogP contribution in [-0.2, 0) is 14.8 Å². The van der Waals surface area contributed by atoms with Gasteiger partial charge in [-0.25, -0.2) is 12.8 Å². The maximum absolute atomic E-state index is 13.9. The number of sulfonamides is 1. The topological polar surface area (TPSA) is 95.6 Å². The summed E-state index contributed by atoms with van der Waals surface area (Å²) < 4.78 is 40.0. The second-order valence-corrected chi connectivity index (χ2v) is 6.81. The number of benzene rings is 1. The molecule has 0 saturated carbocycles. The molecule has 0 atom stereocenters. The van der Waals surface area contributed by atoms with E-state index in [4.69, 9.17) is 0 Å². The van der Waals surface area contributed by atoms with E-state index in [1.165, 1.54) is 4.31 Å². The number of hydrogen-bond donors (Lipinski definition) is 2. The number of carbonyl (C=O) groups excluding carboxylic acids is 2. The van der Waals surface area contributed by atoms with Crippen molar-refractivity contribution in [3.05, 3.63) is 29.6 Å². The highest BCUT2D eigenvalue weighted by molar-refractivity contribution is 7.89. The molecule has 2 amide bonds. The number of halogens is 1. The van der Waals surface area contributed by atoms with Crippen molar-refractivity contribution in [2.24, 2.45) is 0 Å². The highest BCUT2D eigenvalue weighted by Crippen LogP contribution is 2.19. The minimum Gasteiger partial charge on any atom is -0.355 e. The predicted octanol–water partition coefficient (Wildman–Crippen LogP) is 0.722. The summed E-state index contributed by atoms with van der Waals surface area (Å²) in [6, 6.07) is 3.02. The van der Waals surface area contributed by atoms with Gasteiger partial charge >= 0.3 is 0 Å². The molecule has 0 unspecified atom stereocenters. The average Bonchev–Trinajstić information content (AvgIpc) is 2.54. The molecule has 0 heterocycles. The van der Waals surface area contributed by atoms with Crippen LogP contribution in [0.25, 0.3) is 0 Å². The van der Waals surface area contributed by atoms with Crippen LogP contribution in [0.5, 0.6) is 0 Å². The lowest BCUT2D eigenvalue weighted by atomic mass is 10.2. The van der Waals surface area contributed by atoms with Gasteiger partial charge in [-0.3, -0.25) is 9.59 Å². The maximum Gasteiger partial charge on any atom is 0.254 e. The van der Waals surface area contributed by atoms with Crippen molar-refractivity contribution in [3.63, 3.8) is 0 Å². The molecule has 134 valence electrons. The standard InChI is InChI=1S/C15H22FN3O4S/c1-4-17-14(20)10-18-15(21)12-9-11(7-8-13(12)16)24(22,23)19(5-2)6-3/h7-9H,4-6,10H2,1-3H3,(H,17,20)(H,18,21). The SMILES string of the molecule is CCNC(=O)CNC(=O)c1cc(S(=O)(=O)N(CC)CC)ccc1F. The van der Waals surface area contributed by atoms with Crippen molar-refractivity contribution < 1.29 is 22.4 Å². The number of rotatable bonds is 8. The largest absolute Gasteiger partial charge is 0.355 e. The first-order valence-electron chi connectivity index (χ1n) is 7.62. The summed E-state index contributed by atoms with van der Waals surface area (Å²) in [5.74, 6) is -2.13. The minimum atomic E-state index is -3.81. The van der Waals surface area contributed by atoms with E-state index < -0.39 is 33.2 Å². The van der Waals surface area contributed by atoms with Crippen LogP contribution in [-0.4, -0.2) is 50.7 Å². The van der Waals surface area contributed by atoms with Gasteiger partial charge in [0.1, 0.15) is 5.82 Å². The normalized spacial score (nSPS) is 11.4. The Hall–Kier alpha value is -2.00. The molecule has 0 aromatic heterocycles. The Kier molecular flexibility index (Phi) is 7.30. The fourth-order valence-corrected chi connectivity index (χ4v) is 3.55. The van der Waals surface area contributed by atoms with Gasteiger partial charge in [-0.2, -0.15) is 4.31 Å². The molecule has 0 aliphatic rings. The molecular formula is C15H22FN3O4S. The third-order valence-corrected chi connectivity index (χ3v) is 5.35. The smallest absolute Gasteiger partial charge is 0.254 e. The van der Waals surface area contributed by atoms with E-state index in [0.29, 0.717) is 6.54 Å². The summed E-state index contributed by atoms with van der Waals surface area (Å²) in [5.41, 5.74) is -0.424. The zero-order valence-electron chi connectivity index (χ0n) is 13.9. The molecule has 9 heteroatoms. The van der Waals surface area contributed by atoms with Crippen LogP contribution < -0.4 is 10.6 Å². The van der Waals surface area contributed by atoms with Crippen LogP contribution in [0, 0.1) is 5.82 Å². The first-order valence-corrected chi connectivity index (χ1v) is 9.06. The highest BCUT2D eigenvalue weighted by atomic mass is 32.2. The minimum absolute atomic E-state index is 0.171. The van der Waals surface area contributed by atoms with E-state index in [-0.39, 0.29) is 24.5 Å². The molecule has 0 saturated heterocycles. The number of hydrogen-bond acceptors (Lipinski definition) is 4. The van der Waals surface area contributed by atoms with Gasteiger partial charge in [0, 0.05) is 19.6 Å². The zero-order valence-corrected chi connectivity index (χ0v) is 14.7. The van der Waals surface area contributed by atoms with Crippen LogP contribution in [0.15, 0.2) is 23.1 Å². The van der Waals surface area contributed by atoms with Crippen LogP contribution in [0.4, 0.5) is 4.39 Å². The lowest BCUT2D eigenvalue weighted by Gasteiger charge is -2.18. The Morgan fingerprint density at radius 1 is 1.12 bits per heavy atom. The summed E-state index contributed by atoms with van der Waals surface area (Å²) >= 11 is 0. The molecule has 0 spiro atoms. The Bertz CT molecular complexity index is 703. The van der Waals surface area contributed by atoms with Crippen LogP contribution >= 0.6 is 0 Å². The summed E-state index contributed by atoms with van der Waals surface area (Å²) in [7, 11) is -3.81. The average molecular weight is 359 g/mol. The molecule has 0 radical (unpaired) electrons. The molecule has 0 aliphatic carbocycles. The number of amides is 2. The molecule has 0 fully saturated rings. The van der Waals surface area contributed by atoms with Crippen LogP contribution in [0.3, 0.4) is 0 Å². The Labute approximate surface area is 141 Å². The first kappa shape index (κ1) is 20.0. The van der Waals surface area contributed by atoms with Crippen molar-refractivity contribution in [2.75, 3.05) is 26.2 Å². The van der Waals surface area contributed by atoms with Gasteiger partial charge in [0.05, 0.1) is 17.0 Å². The van der Waals surface area contributed by atoms with E-state index in [1.54, 1.807) is 20.8 Å². The van der Waals surface area contributed by atoms with Crippen molar-refractivity contribution in [2.45, 2.75) is 25.7 Å². The zero-order chi connectivity index (χ0) is 18.3. The van der Waals surface area contributed by atoms with E-state index in [9.17, 15) is 22.4 Å². The molecule has 1 aromatic rings. The van der Waals surface area contributed by atoms with Gasteiger partial charge in [0.15, 0.2) is 0 Å². The third kappa shape index (κ3) is 4.75. The maximum atomic E-state index is 13.9. The molecular weight excluding hydrogens is 337 g/mol. The Morgan fingerprint density at radius 2 is 1.75 bits per heavy atom. The van der Waals surface area contributed by atoms with Gasteiger partial charge in [-0.15, -0.1) is 0 Å². The third-order valence-electron chi connectivity index (χ3n) is 3.31. The molecule has 7 nitrogen and oxygen atoms in total. The van der Waals surface area contributed by atoms with Crippen molar-refractivity contribution in [3.8, 4) is 0 Å². The monoisotopic (exact) mass is 359 g/mol. The second kappa shape index (κ2) is 8.74. The number of likely N-dealkylation sites (N-methyl/N-ethyl adjacent to an activating group) is 1. The summed E-state index contributed by atoms with van der Waals surface area (Å²) in [5, 5.41) is 4.74. The van der Waals surface area contributed by atoms with Crippen molar-refractivity contribution in [1.82, 2.24) is 14.9 Å². The van der Waals surface area contributed by atoms with Crippen molar-refractivity contribution >= 4 is 21.8 Å². The first-order chi connectivity index (χ1) is 11.3. The molecule has 0 aliphatic heterocycles. The fourth-order valence-electron chi connectivity index (χ4n) is 2.07. The summed E-state index contributed by atoms with van der Waals surface area (Å²) in [6.07, 6.45) is 0. The van der Waals surface area contributed by atoms with E-state index in [2.05, 4.69) is 10.6 Å². The Morgan fingerprint density at radius 3 is 2.29 bits per heavy atom. The molecule has 1 rings (SSSR count). The van der Waals surface area contributed by atoms with Crippen LogP contribution in [0.1, 0.15) is 31.1 Å². The fraction of sp³-hybridized carbons (Fsp3) is 0.467. The Balaban J connectivity index is 3.06. The lowest BCUT2D eigenvalue weighted by molar-refractivity contribution is -0.120. The van der Waals surface area contributed by atoms with Gasteiger partial charge in [0.25, 0.3) is 5.91 Å². The quantitative estimate of drug-likeness (QED) is 0.715. The summed E-state index contributed by atoms with van der Waals surface area (Å²) in [6.45, 7) is 5.69. The number of carbonyl (C=O) groups is 2. The number of nitrogens with one attached hydrogen (secondary N) is 2. The van der Waals surface area contributed by atoms with E-state index in [1.807, 2.05) is 0 Å². The lowest BCUT2D eigenvalue weighted by Crippen LogP contribution is -2.37. The van der Waals surface area contributed by atoms with Gasteiger partial charge < -0.3 is 10.6 Å². The van der Waals surface area contributed by atoms with Crippen molar-refractivity contribution in [1.29, 1.82) is 0 Å². The van der Waals surface area contributed by atoms with E-state index in [0.717, 1.165) is 18.2 Å². The molecule has 0 bridgehead atoms. The van der Waals surface area contributed by atoms with Gasteiger partial charge in [0.2, 0.25) is 15.9 Å². The second-order valence-electron chi connectivity index (χ2n) is 4.87. The van der Waals surface area contributed by atoms with E-state index >= 15 is 0 Å². The summed E-state index contributed by atoms with van der Waals surface area (Å²) in [4.78, 5) is 23.2. The molecule has 1 aromatic carbocycles. The highest BCUT2D eigenvalue weighted by Gasteiger charge is 2.24. The predicted molar refractivity (Wildman–Crippen MR) is 87.5 cm³/mol. The molecule has 2 N–H and O–H groups in total. The van der Waals surface area contributed by atoms with Gasteiger partial charge in [-0.1, -0.05) is 13.8 Å². The molecule has 24 heavy (non-hydrogen) atoms. The van der Waals surface area contributed by atoms with Gasteiger partial charge in [-0.05, 0) is 25.1 Å². The van der Waals surface area contributed by atoms with Crippen LogP contribution in [0.2, 0.25) is 0 Å². The number of nitrogens with zero attached hydrogens (tertiary/aromatic N) is 1.